The second-order valence-corrected chi connectivity index (χ2v) is 8.92. The van der Waals surface area contributed by atoms with Crippen molar-refractivity contribution < 1.29 is 17.9 Å². The number of hydrogen-bond acceptors (Lipinski definition) is 5. The fourth-order valence-corrected chi connectivity index (χ4v) is 4.56. The van der Waals surface area contributed by atoms with Crippen LogP contribution >= 0.6 is 0 Å². The molecule has 0 aliphatic heterocycles. The summed E-state index contributed by atoms with van der Waals surface area (Å²) in [4.78, 5) is 14.9. The summed E-state index contributed by atoms with van der Waals surface area (Å²) in [6.45, 7) is 6.20. The molecule has 2 rings (SSSR count). The topological polar surface area (TPSA) is 78.9 Å². The van der Waals surface area contributed by atoms with Crippen LogP contribution in [0, 0.1) is 0 Å². The van der Waals surface area contributed by atoms with Crippen LogP contribution in [0.15, 0.2) is 53.4 Å². The van der Waals surface area contributed by atoms with Crippen molar-refractivity contribution in [2.75, 3.05) is 37.4 Å². The third-order valence-electron chi connectivity index (χ3n) is 4.74. The molecule has 0 heterocycles. The summed E-state index contributed by atoms with van der Waals surface area (Å²) in [5.74, 6) is 0.270. The summed E-state index contributed by atoms with van der Waals surface area (Å²) >= 11 is 0. The summed E-state index contributed by atoms with van der Waals surface area (Å²) < 4.78 is 33.0. The lowest BCUT2D eigenvalue weighted by Gasteiger charge is -2.23. The number of hydrogen-bond donors (Lipinski definition) is 1. The van der Waals surface area contributed by atoms with Gasteiger partial charge in [0.25, 0.3) is 5.91 Å². The first-order valence-electron chi connectivity index (χ1n) is 10.1. The lowest BCUT2D eigenvalue weighted by atomic mass is 10.2. The van der Waals surface area contributed by atoms with Crippen molar-refractivity contribution in [2.45, 2.75) is 38.2 Å². The molecule has 0 unspecified atom stereocenters. The molecule has 0 saturated carbocycles. The molecule has 7 nitrogen and oxygen atoms in total. The Labute approximate surface area is 179 Å². The summed E-state index contributed by atoms with van der Waals surface area (Å²) in [6.07, 6.45) is -0.236. The first-order chi connectivity index (χ1) is 14.2. The minimum atomic E-state index is -3.64. The highest BCUT2D eigenvalue weighted by Crippen LogP contribution is 2.29. The van der Waals surface area contributed by atoms with E-state index in [1.165, 1.54) is 10.4 Å². The van der Waals surface area contributed by atoms with Gasteiger partial charge in [-0.25, -0.2) is 8.42 Å². The molecule has 0 aromatic heterocycles. The molecule has 0 bridgehead atoms. The number of benzene rings is 2. The van der Waals surface area contributed by atoms with E-state index < -0.39 is 16.1 Å². The molecule has 30 heavy (non-hydrogen) atoms. The van der Waals surface area contributed by atoms with Crippen LogP contribution in [0.4, 0.5) is 11.4 Å². The third kappa shape index (κ3) is 5.52. The minimum absolute atomic E-state index is 0.143. The molecule has 0 fully saturated rings. The van der Waals surface area contributed by atoms with Crippen LogP contribution < -0.4 is 15.0 Å². The second-order valence-electron chi connectivity index (χ2n) is 6.98. The highest BCUT2D eigenvalue weighted by atomic mass is 32.2. The zero-order valence-corrected chi connectivity index (χ0v) is 19.1. The molecule has 0 aliphatic carbocycles. The second kappa shape index (κ2) is 10.4. The van der Waals surface area contributed by atoms with Gasteiger partial charge in [0.2, 0.25) is 10.0 Å². The molecule has 164 valence electrons. The van der Waals surface area contributed by atoms with Crippen molar-refractivity contribution in [2.24, 2.45) is 0 Å². The van der Waals surface area contributed by atoms with Gasteiger partial charge in [-0.2, -0.15) is 4.31 Å². The summed E-state index contributed by atoms with van der Waals surface area (Å²) in [6, 6.07) is 13.9. The fraction of sp³-hybridized carbons (Fsp3) is 0.409. The zero-order chi connectivity index (χ0) is 22.3. The monoisotopic (exact) mass is 433 g/mol. The molecule has 0 aliphatic rings. The van der Waals surface area contributed by atoms with E-state index in [2.05, 4.69) is 5.32 Å². The summed E-state index contributed by atoms with van der Waals surface area (Å²) in [5, 5.41) is 2.86. The molecule has 2 aromatic carbocycles. The van der Waals surface area contributed by atoms with Crippen molar-refractivity contribution in [3.05, 3.63) is 48.5 Å². The van der Waals surface area contributed by atoms with Crippen molar-refractivity contribution in [1.29, 1.82) is 0 Å². The first-order valence-corrected chi connectivity index (χ1v) is 11.5. The maximum Gasteiger partial charge on any atom is 0.265 e. The number of sulfonamides is 1. The van der Waals surface area contributed by atoms with E-state index in [1.807, 2.05) is 44.1 Å². The predicted octanol–water partition coefficient (Wildman–Crippen LogP) is 3.58. The normalized spacial score (nSPS) is 12.5. The Bertz CT molecular complexity index is 942. The third-order valence-corrected chi connectivity index (χ3v) is 6.78. The molecule has 1 amide bonds. The molecule has 8 heteroatoms. The Kier molecular flexibility index (Phi) is 8.25. The maximum atomic E-state index is 12.9. The van der Waals surface area contributed by atoms with Gasteiger partial charge in [0.1, 0.15) is 5.75 Å². The fourth-order valence-electron chi connectivity index (χ4n) is 3.08. The van der Waals surface area contributed by atoms with E-state index in [-0.39, 0.29) is 10.8 Å². The van der Waals surface area contributed by atoms with Crippen molar-refractivity contribution in [3.63, 3.8) is 0 Å². The number of ether oxygens (including phenoxy) is 1. The molecule has 0 spiro atoms. The molecule has 0 saturated heterocycles. The number of rotatable bonds is 10. The predicted molar refractivity (Wildman–Crippen MR) is 121 cm³/mol. The Morgan fingerprint density at radius 1 is 1.03 bits per heavy atom. The van der Waals surface area contributed by atoms with Crippen LogP contribution in [-0.4, -0.2) is 51.9 Å². The van der Waals surface area contributed by atoms with E-state index in [9.17, 15) is 13.2 Å². The van der Waals surface area contributed by atoms with Gasteiger partial charge in [-0.3, -0.25) is 4.79 Å². The highest BCUT2D eigenvalue weighted by molar-refractivity contribution is 7.89. The Morgan fingerprint density at radius 3 is 2.20 bits per heavy atom. The maximum absolute atomic E-state index is 12.9. The lowest BCUT2D eigenvalue weighted by Crippen LogP contribution is -2.33. The van der Waals surface area contributed by atoms with Crippen molar-refractivity contribution >= 4 is 27.3 Å². The largest absolute Gasteiger partial charge is 0.481 e. The number of anilines is 2. The van der Waals surface area contributed by atoms with Gasteiger partial charge in [0, 0.05) is 27.2 Å². The average molecular weight is 434 g/mol. The number of amides is 1. The SMILES string of the molecule is CC[C@H](Oc1ccccc1)C(=O)Nc1cc(S(=O)(=O)N(CC)CC)ccc1N(C)C. The molecular formula is C22H31N3O4S. The molecular weight excluding hydrogens is 402 g/mol. The minimum Gasteiger partial charge on any atom is -0.481 e. The zero-order valence-electron chi connectivity index (χ0n) is 18.3. The number of nitrogens with zero attached hydrogens (tertiary/aromatic N) is 2. The Morgan fingerprint density at radius 2 is 1.67 bits per heavy atom. The van der Waals surface area contributed by atoms with Crippen LogP contribution in [0.5, 0.6) is 5.75 Å². The first kappa shape index (κ1) is 23.7. The highest BCUT2D eigenvalue weighted by Gasteiger charge is 2.25. The van der Waals surface area contributed by atoms with Gasteiger partial charge < -0.3 is 15.0 Å². The smallest absolute Gasteiger partial charge is 0.265 e. The van der Waals surface area contributed by atoms with Crippen molar-refractivity contribution in [1.82, 2.24) is 4.31 Å². The lowest BCUT2D eigenvalue weighted by molar-refractivity contribution is -0.122. The number of carbonyl (C=O) groups is 1. The number of para-hydroxylation sites is 1. The van der Waals surface area contributed by atoms with Crippen LogP contribution in [0.2, 0.25) is 0 Å². The molecule has 2 aromatic rings. The quantitative estimate of drug-likeness (QED) is 0.620. The molecule has 1 N–H and O–H groups in total. The van der Waals surface area contributed by atoms with E-state index in [1.54, 1.807) is 38.1 Å². The van der Waals surface area contributed by atoms with Gasteiger partial charge >= 0.3 is 0 Å². The van der Waals surface area contributed by atoms with Gasteiger partial charge in [-0.15, -0.1) is 0 Å². The van der Waals surface area contributed by atoms with Crippen LogP contribution in [0.25, 0.3) is 0 Å². The average Bonchev–Trinajstić information content (AvgIpc) is 2.73. The van der Waals surface area contributed by atoms with Gasteiger partial charge in [0.05, 0.1) is 16.3 Å². The van der Waals surface area contributed by atoms with Crippen LogP contribution in [0.1, 0.15) is 27.2 Å². The number of carbonyl (C=O) groups excluding carboxylic acids is 1. The van der Waals surface area contributed by atoms with Crippen LogP contribution in [0.3, 0.4) is 0 Å². The van der Waals surface area contributed by atoms with Gasteiger partial charge in [-0.05, 0) is 36.8 Å². The van der Waals surface area contributed by atoms with E-state index in [0.717, 1.165) is 0 Å². The standard InChI is InChI=1S/C22H31N3O4S/c1-6-21(29-17-12-10-9-11-13-17)22(26)23-19-16-18(14-15-20(19)24(4)5)30(27,28)25(7-2)8-3/h9-16,21H,6-8H2,1-5H3,(H,23,26)/t21-/m0/s1. The van der Waals surface area contributed by atoms with Crippen molar-refractivity contribution in [3.8, 4) is 5.75 Å². The Hall–Kier alpha value is -2.58. The van der Waals surface area contributed by atoms with E-state index in [0.29, 0.717) is 36.6 Å². The summed E-state index contributed by atoms with van der Waals surface area (Å²) in [5.41, 5.74) is 1.13. The number of nitrogens with one attached hydrogen (secondary N) is 1. The molecule has 1 atom stereocenters. The Balaban J connectivity index is 2.35. The molecule has 0 radical (unpaired) electrons. The van der Waals surface area contributed by atoms with Gasteiger partial charge in [-0.1, -0.05) is 39.0 Å². The van der Waals surface area contributed by atoms with E-state index in [4.69, 9.17) is 4.74 Å². The van der Waals surface area contributed by atoms with Gasteiger partial charge in [0.15, 0.2) is 6.10 Å². The summed E-state index contributed by atoms with van der Waals surface area (Å²) in [7, 11) is 0.0253. The van der Waals surface area contributed by atoms with Crippen LogP contribution in [-0.2, 0) is 14.8 Å². The van der Waals surface area contributed by atoms with E-state index >= 15 is 0 Å².